The molecule has 1 N–H and O–H groups in total. The standard InChI is InChI=1S/C26H28N2O3/c1-20-10-9-15-23(16-20)31-19-25(29)28(18-22-13-7-4-8-14-22)24(26(30)27-2)17-21-11-5-3-6-12-21/h3-16,24H,17-19H2,1-2H3,(H,27,30). The average Bonchev–Trinajstić information content (AvgIpc) is 2.80. The minimum Gasteiger partial charge on any atom is -0.484 e. The second-order valence-corrected chi connectivity index (χ2v) is 7.43. The van der Waals surface area contributed by atoms with Crippen LogP contribution in [0, 0.1) is 6.92 Å². The molecule has 2 amide bonds. The monoisotopic (exact) mass is 416 g/mol. The number of rotatable bonds is 9. The zero-order valence-corrected chi connectivity index (χ0v) is 18.0. The molecule has 0 aromatic heterocycles. The van der Waals surface area contributed by atoms with Crippen LogP contribution < -0.4 is 10.1 Å². The van der Waals surface area contributed by atoms with Gasteiger partial charge in [-0.05, 0) is 35.7 Å². The Morgan fingerprint density at radius 3 is 2.16 bits per heavy atom. The van der Waals surface area contributed by atoms with Gasteiger partial charge in [0.2, 0.25) is 5.91 Å². The smallest absolute Gasteiger partial charge is 0.261 e. The number of nitrogens with zero attached hydrogens (tertiary/aromatic N) is 1. The Morgan fingerprint density at radius 1 is 0.903 bits per heavy atom. The van der Waals surface area contributed by atoms with Crippen LogP contribution in [0.4, 0.5) is 0 Å². The fourth-order valence-electron chi connectivity index (χ4n) is 3.43. The predicted octanol–water partition coefficient (Wildman–Crippen LogP) is 3.76. The van der Waals surface area contributed by atoms with Crippen molar-refractivity contribution >= 4 is 11.8 Å². The summed E-state index contributed by atoms with van der Waals surface area (Å²) in [5.74, 6) is 0.186. The molecule has 3 aromatic rings. The molecule has 0 saturated heterocycles. The summed E-state index contributed by atoms with van der Waals surface area (Å²) in [4.78, 5) is 27.7. The van der Waals surface area contributed by atoms with Crippen LogP contribution in [0.5, 0.6) is 5.75 Å². The van der Waals surface area contributed by atoms with E-state index >= 15 is 0 Å². The summed E-state index contributed by atoms with van der Waals surface area (Å²) >= 11 is 0. The Labute approximate surface area is 183 Å². The van der Waals surface area contributed by atoms with E-state index in [1.165, 1.54) is 0 Å². The SMILES string of the molecule is CNC(=O)C(Cc1ccccc1)N(Cc1ccccc1)C(=O)COc1cccc(C)c1. The summed E-state index contributed by atoms with van der Waals surface area (Å²) < 4.78 is 5.76. The lowest BCUT2D eigenvalue weighted by atomic mass is 10.0. The Kier molecular flexibility index (Phi) is 7.82. The van der Waals surface area contributed by atoms with E-state index in [0.717, 1.165) is 16.7 Å². The molecule has 0 fully saturated rings. The zero-order chi connectivity index (χ0) is 22.1. The van der Waals surface area contributed by atoms with Crippen LogP contribution in [0.3, 0.4) is 0 Å². The van der Waals surface area contributed by atoms with Crippen LogP contribution in [0.2, 0.25) is 0 Å². The average molecular weight is 417 g/mol. The van der Waals surface area contributed by atoms with Crippen LogP contribution in [0.1, 0.15) is 16.7 Å². The van der Waals surface area contributed by atoms with Crippen molar-refractivity contribution in [1.29, 1.82) is 0 Å². The molecule has 1 atom stereocenters. The van der Waals surface area contributed by atoms with Crippen molar-refractivity contribution in [1.82, 2.24) is 10.2 Å². The van der Waals surface area contributed by atoms with E-state index in [2.05, 4.69) is 5.32 Å². The maximum atomic E-state index is 13.3. The number of ether oxygens (including phenoxy) is 1. The van der Waals surface area contributed by atoms with E-state index in [-0.39, 0.29) is 18.4 Å². The van der Waals surface area contributed by atoms with E-state index in [1.54, 1.807) is 11.9 Å². The molecule has 160 valence electrons. The molecule has 0 saturated carbocycles. The second kappa shape index (κ2) is 11.0. The van der Waals surface area contributed by atoms with Gasteiger partial charge in [-0.3, -0.25) is 9.59 Å². The van der Waals surface area contributed by atoms with Crippen molar-refractivity contribution in [3.05, 3.63) is 102 Å². The second-order valence-electron chi connectivity index (χ2n) is 7.43. The van der Waals surface area contributed by atoms with Crippen molar-refractivity contribution in [3.63, 3.8) is 0 Å². The first kappa shape index (κ1) is 22.1. The third kappa shape index (κ3) is 6.44. The van der Waals surface area contributed by atoms with E-state index < -0.39 is 6.04 Å². The van der Waals surface area contributed by atoms with Crippen molar-refractivity contribution in [3.8, 4) is 5.75 Å². The molecule has 0 heterocycles. The van der Waals surface area contributed by atoms with E-state index in [9.17, 15) is 9.59 Å². The highest BCUT2D eigenvalue weighted by Gasteiger charge is 2.30. The maximum Gasteiger partial charge on any atom is 0.261 e. The van der Waals surface area contributed by atoms with Gasteiger partial charge in [0.05, 0.1) is 0 Å². The molecule has 0 aliphatic rings. The zero-order valence-electron chi connectivity index (χ0n) is 18.0. The number of likely N-dealkylation sites (N-methyl/N-ethyl adjacent to an activating group) is 1. The largest absolute Gasteiger partial charge is 0.484 e. The summed E-state index contributed by atoms with van der Waals surface area (Å²) in [6, 6.07) is 26.3. The van der Waals surface area contributed by atoms with E-state index in [4.69, 9.17) is 4.74 Å². The lowest BCUT2D eigenvalue weighted by Crippen LogP contribution is -2.51. The van der Waals surface area contributed by atoms with E-state index in [0.29, 0.717) is 18.7 Å². The van der Waals surface area contributed by atoms with Gasteiger partial charge in [0.1, 0.15) is 11.8 Å². The third-order valence-electron chi connectivity index (χ3n) is 5.07. The molecule has 5 heteroatoms. The fourth-order valence-corrected chi connectivity index (χ4v) is 3.43. The number of amides is 2. The maximum absolute atomic E-state index is 13.3. The summed E-state index contributed by atoms with van der Waals surface area (Å²) in [5, 5.41) is 2.71. The Bertz CT molecular complexity index is 990. The molecule has 3 aromatic carbocycles. The normalized spacial score (nSPS) is 11.4. The van der Waals surface area contributed by atoms with E-state index in [1.807, 2.05) is 91.9 Å². The Morgan fingerprint density at radius 2 is 1.55 bits per heavy atom. The minimum atomic E-state index is -0.652. The topological polar surface area (TPSA) is 58.6 Å². The molecular weight excluding hydrogens is 388 g/mol. The summed E-state index contributed by atoms with van der Waals surface area (Å²) in [6.07, 6.45) is 0.420. The molecule has 0 aliphatic heterocycles. The lowest BCUT2D eigenvalue weighted by Gasteiger charge is -2.31. The van der Waals surface area contributed by atoms with Crippen LogP contribution in [-0.4, -0.2) is 36.4 Å². The molecule has 0 spiro atoms. The highest BCUT2D eigenvalue weighted by molar-refractivity contribution is 5.88. The number of carbonyl (C=O) groups is 2. The van der Waals surface area contributed by atoms with Gasteiger partial charge in [-0.1, -0.05) is 72.8 Å². The Hall–Kier alpha value is -3.60. The number of carbonyl (C=O) groups excluding carboxylic acids is 2. The summed E-state index contributed by atoms with van der Waals surface area (Å²) in [5.41, 5.74) is 2.99. The van der Waals surface area contributed by atoms with Gasteiger partial charge in [0, 0.05) is 20.0 Å². The van der Waals surface area contributed by atoms with Crippen LogP contribution >= 0.6 is 0 Å². The molecule has 0 radical (unpaired) electrons. The summed E-state index contributed by atoms with van der Waals surface area (Å²) in [7, 11) is 1.59. The van der Waals surface area contributed by atoms with Crippen molar-refractivity contribution in [2.24, 2.45) is 0 Å². The quantitative estimate of drug-likeness (QED) is 0.578. The molecular formula is C26H28N2O3. The van der Waals surface area contributed by atoms with Crippen molar-refractivity contribution in [2.75, 3.05) is 13.7 Å². The van der Waals surface area contributed by atoms with Gasteiger partial charge in [0.25, 0.3) is 5.91 Å². The van der Waals surface area contributed by atoms with Gasteiger partial charge < -0.3 is 15.0 Å². The van der Waals surface area contributed by atoms with Gasteiger partial charge >= 0.3 is 0 Å². The van der Waals surface area contributed by atoms with Gasteiger partial charge in [0.15, 0.2) is 6.61 Å². The summed E-state index contributed by atoms with van der Waals surface area (Å²) in [6.45, 7) is 2.15. The molecule has 31 heavy (non-hydrogen) atoms. The fraction of sp³-hybridized carbons (Fsp3) is 0.231. The molecule has 1 unspecified atom stereocenters. The first-order valence-corrected chi connectivity index (χ1v) is 10.3. The minimum absolute atomic E-state index is 0.140. The number of nitrogens with one attached hydrogen (secondary N) is 1. The molecule has 5 nitrogen and oxygen atoms in total. The lowest BCUT2D eigenvalue weighted by molar-refractivity contribution is -0.142. The van der Waals surface area contributed by atoms with Gasteiger partial charge in [-0.2, -0.15) is 0 Å². The molecule has 0 aliphatic carbocycles. The first-order valence-electron chi connectivity index (χ1n) is 10.3. The van der Waals surface area contributed by atoms with Gasteiger partial charge in [-0.15, -0.1) is 0 Å². The number of benzene rings is 3. The third-order valence-corrected chi connectivity index (χ3v) is 5.07. The van der Waals surface area contributed by atoms with Crippen LogP contribution in [0.25, 0.3) is 0 Å². The number of aryl methyl sites for hydroxylation is 1. The van der Waals surface area contributed by atoms with Crippen LogP contribution in [-0.2, 0) is 22.6 Å². The highest BCUT2D eigenvalue weighted by atomic mass is 16.5. The van der Waals surface area contributed by atoms with Crippen molar-refractivity contribution < 1.29 is 14.3 Å². The number of hydrogen-bond donors (Lipinski definition) is 1. The van der Waals surface area contributed by atoms with Crippen LogP contribution in [0.15, 0.2) is 84.9 Å². The van der Waals surface area contributed by atoms with Crippen molar-refractivity contribution in [2.45, 2.75) is 25.9 Å². The molecule has 3 rings (SSSR count). The first-order chi connectivity index (χ1) is 15.1. The predicted molar refractivity (Wildman–Crippen MR) is 122 cm³/mol. The van der Waals surface area contributed by atoms with Gasteiger partial charge in [-0.25, -0.2) is 0 Å². The number of hydrogen-bond acceptors (Lipinski definition) is 3. The highest BCUT2D eigenvalue weighted by Crippen LogP contribution is 2.16. The molecule has 0 bridgehead atoms. The Balaban J connectivity index is 1.84.